The number of nitrogens with zero attached hydrogens (tertiary/aromatic N) is 2. The Labute approximate surface area is 201 Å². The van der Waals surface area contributed by atoms with Gasteiger partial charge in [-0.05, 0) is 56.5 Å². The highest BCUT2D eigenvalue weighted by molar-refractivity contribution is 5.95. The van der Waals surface area contributed by atoms with Crippen molar-refractivity contribution < 1.29 is 23.8 Å². The van der Waals surface area contributed by atoms with Gasteiger partial charge in [0.1, 0.15) is 0 Å². The molecule has 1 aromatic carbocycles. The molecule has 2 fully saturated rings. The molecule has 1 aromatic rings. The second kappa shape index (κ2) is 11.1. The Kier molecular flexibility index (Phi) is 7.95. The number of likely N-dealkylation sites (tertiary alicyclic amines) is 2. The highest BCUT2D eigenvalue weighted by atomic mass is 16.5. The second-order valence-electron chi connectivity index (χ2n) is 9.13. The fraction of sp³-hybridized carbons (Fsp3) is 0.600. The Morgan fingerprint density at radius 2 is 1.71 bits per heavy atom. The number of urea groups is 1. The molecule has 4 rings (SSSR count). The lowest BCUT2D eigenvalue weighted by Gasteiger charge is -2.41. The molecular weight excluding hydrogens is 436 g/mol. The van der Waals surface area contributed by atoms with Gasteiger partial charge in [0, 0.05) is 31.4 Å². The first kappa shape index (κ1) is 24.3. The summed E-state index contributed by atoms with van der Waals surface area (Å²) in [6.07, 6.45) is 6.14. The smallest absolute Gasteiger partial charge is 0.338 e. The molecule has 34 heavy (non-hydrogen) atoms. The molecule has 3 aliphatic rings. The third-order valence-electron chi connectivity index (χ3n) is 7.15. The minimum Gasteiger partial charge on any atom is -0.493 e. The Bertz CT molecular complexity index is 920. The monoisotopic (exact) mass is 472 g/mol. The van der Waals surface area contributed by atoms with Crippen molar-refractivity contribution in [3.63, 3.8) is 0 Å². The summed E-state index contributed by atoms with van der Waals surface area (Å²) in [5.74, 6) is 0.635. The van der Waals surface area contributed by atoms with Crippen molar-refractivity contribution in [2.75, 3.05) is 54.1 Å². The van der Waals surface area contributed by atoms with Crippen molar-refractivity contribution in [2.24, 2.45) is 0 Å². The van der Waals surface area contributed by atoms with E-state index in [1.54, 1.807) is 26.4 Å². The van der Waals surface area contributed by atoms with Crippen LogP contribution in [0.25, 0.3) is 0 Å². The van der Waals surface area contributed by atoms with Crippen molar-refractivity contribution in [2.45, 2.75) is 44.2 Å². The number of esters is 1. The van der Waals surface area contributed by atoms with Crippen LogP contribution in [0.2, 0.25) is 0 Å². The average Bonchev–Trinajstić information content (AvgIpc) is 2.88. The van der Waals surface area contributed by atoms with Crippen LogP contribution in [0.5, 0.6) is 11.5 Å². The van der Waals surface area contributed by atoms with Gasteiger partial charge < -0.3 is 29.7 Å². The second-order valence-corrected chi connectivity index (χ2v) is 9.13. The zero-order chi connectivity index (χ0) is 24.1. The zero-order valence-corrected chi connectivity index (χ0v) is 20.4. The van der Waals surface area contributed by atoms with Crippen LogP contribution in [0.15, 0.2) is 29.5 Å². The molecule has 186 valence electrons. The number of nitrogens with one attached hydrogen (secondary N) is 2. The normalized spacial score (nSPS) is 22.7. The van der Waals surface area contributed by atoms with Crippen molar-refractivity contribution in [1.29, 1.82) is 0 Å². The molecule has 1 atom stereocenters. The van der Waals surface area contributed by atoms with Crippen molar-refractivity contribution in [1.82, 2.24) is 20.4 Å². The lowest BCUT2D eigenvalue weighted by Crippen LogP contribution is -2.51. The summed E-state index contributed by atoms with van der Waals surface area (Å²) < 4.78 is 15.9. The molecule has 0 bridgehead atoms. The van der Waals surface area contributed by atoms with E-state index < -0.39 is 12.0 Å². The topological polar surface area (TPSA) is 92.4 Å². The van der Waals surface area contributed by atoms with E-state index in [4.69, 9.17) is 14.2 Å². The summed E-state index contributed by atoms with van der Waals surface area (Å²) in [4.78, 5) is 30.4. The molecule has 3 heterocycles. The zero-order valence-electron chi connectivity index (χ0n) is 20.4. The maximum atomic E-state index is 12.9. The third-order valence-corrected chi connectivity index (χ3v) is 7.15. The number of hydrogen-bond donors (Lipinski definition) is 2. The lowest BCUT2D eigenvalue weighted by molar-refractivity contribution is -0.136. The van der Waals surface area contributed by atoms with Gasteiger partial charge in [-0.2, -0.15) is 0 Å². The van der Waals surface area contributed by atoms with Gasteiger partial charge in [0.05, 0.1) is 32.9 Å². The fourth-order valence-electron chi connectivity index (χ4n) is 5.33. The van der Waals surface area contributed by atoms with Crippen LogP contribution in [0, 0.1) is 0 Å². The molecule has 9 heteroatoms. The molecule has 2 N–H and O–H groups in total. The van der Waals surface area contributed by atoms with E-state index in [0.29, 0.717) is 40.9 Å². The predicted molar refractivity (Wildman–Crippen MR) is 128 cm³/mol. The Hall–Kier alpha value is -2.78. The molecule has 0 unspecified atom stereocenters. The average molecular weight is 473 g/mol. The standard InChI is InChI=1S/C25H36N4O5/c1-32-20-8-7-17(15-21(20)33-2)23-22(24(30)34-3)19(26-25(31)27-23)16-28-13-9-18(10-14-28)29-11-5-4-6-12-29/h7-8,15,18,23H,4-6,9-14,16H2,1-3H3,(H2,26,27,31)/t23-/m1/s1. The summed E-state index contributed by atoms with van der Waals surface area (Å²) in [5.41, 5.74) is 1.72. The van der Waals surface area contributed by atoms with Gasteiger partial charge in [0.25, 0.3) is 0 Å². The number of methoxy groups -OCH3 is 3. The lowest BCUT2D eigenvalue weighted by atomic mass is 9.94. The Morgan fingerprint density at radius 1 is 1.00 bits per heavy atom. The van der Waals surface area contributed by atoms with Gasteiger partial charge >= 0.3 is 12.0 Å². The maximum Gasteiger partial charge on any atom is 0.338 e. The quantitative estimate of drug-likeness (QED) is 0.589. The summed E-state index contributed by atoms with van der Waals surface area (Å²) in [6, 6.07) is 5.00. The molecule has 0 aromatic heterocycles. The number of ether oxygens (including phenoxy) is 3. The van der Waals surface area contributed by atoms with Crippen LogP contribution in [0.4, 0.5) is 4.79 Å². The molecule has 0 aliphatic carbocycles. The van der Waals surface area contributed by atoms with Gasteiger partial charge in [-0.1, -0.05) is 12.5 Å². The van der Waals surface area contributed by atoms with Crippen LogP contribution in [-0.4, -0.2) is 81.9 Å². The summed E-state index contributed by atoms with van der Waals surface area (Å²) >= 11 is 0. The number of benzene rings is 1. The molecule has 3 aliphatic heterocycles. The number of hydrogen-bond acceptors (Lipinski definition) is 7. The minimum atomic E-state index is -0.651. The molecule has 9 nitrogen and oxygen atoms in total. The molecule has 2 amide bonds. The number of carbonyl (C=O) groups excluding carboxylic acids is 2. The molecule has 0 spiro atoms. The molecular formula is C25H36N4O5. The Balaban J connectivity index is 1.55. The maximum absolute atomic E-state index is 12.9. The van der Waals surface area contributed by atoms with Crippen LogP contribution < -0.4 is 20.1 Å². The first-order valence-corrected chi connectivity index (χ1v) is 12.1. The largest absolute Gasteiger partial charge is 0.493 e. The van der Waals surface area contributed by atoms with Gasteiger partial charge in [-0.25, -0.2) is 9.59 Å². The number of rotatable bonds is 7. The van der Waals surface area contributed by atoms with E-state index >= 15 is 0 Å². The summed E-state index contributed by atoms with van der Waals surface area (Å²) in [7, 11) is 4.48. The predicted octanol–water partition coefficient (Wildman–Crippen LogP) is 2.44. The van der Waals surface area contributed by atoms with Gasteiger partial charge in [0.2, 0.25) is 0 Å². The van der Waals surface area contributed by atoms with E-state index in [2.05, 4.69) is 20.4 Å². The number of amides is 2. The summed E-state index contributed by atoms with van der Waals surface area (Å²) in [5, 5.41) is 5.75. The molecule has 0 saturated carbocycles. The highest BCUT2D eigenvalue weighted by Gasteiger charge is 2.35. The van der Waals surface area contributed by atoms with E-state index in [1.807, 2.05) is 6.07 Å². The van der Waals surface area contributed by atoms with Crippen LogP contribution in [0.1, 0.15) is 43.7 Å². The highest BCUT2D eigenvalue weighted by Crippen LogP contribution is 2.34. The van der Waals surface area contributed by atoms with Crippen LogP contribution >= 0.6 is 0 Å². The summed E-state index contributed by atoms with van der Waals surface area (Å²) in [6.45, 7) is 4.77. The van der Waals surface area contributed by atoms with E-state index in [1.165, 1.54) is 39.5 Å². The van der Waals surface area contributed by atoms with E-state index in [0.717, 1.165) is 25.9 Å². The molecule has 2 saturated heterocycles. The van der Waals surface area contributed by atoms with E-state index in [9.17, 15) is 9.59 Å². The van der Waals surface area contributed by atoms with Gasteiger partial charge in [0.15, 0.2) is 11.5 Å². The fourth-order valence-corrected chi connectivity index (χ4v) is 5.33. The number of carbonyl (C=O) groups is 2. The van der Waals surface area contributed by atoms with Crippen molar-refractivity contribution >= 4 is 12.0 Å². The molecule has 0 radical (unpaired) electrons. The Morgan fingerprint density at radius 3 is 2.35 bits per heavy atom. The van der Waals surface area contributed by atoms with Crippen LogP contribution in [-0.2, 0) is 9.53 Å². The van der Waals surface area contributed by atoms with Crippen LogP contribution in [0.3, 0.4) is 0 Å². The van der Waals surface area contributed by atoms with Gasteiger partial charge in [-0.3, -0.25) is 4.90 Å². The van der Waals surface area contributed by atoms with Gasteiger partial charge in [-0.15, -0.1) is 0 Å². The first-order chi connectivity index (χ1) is 16.5. The SMILES string of the molecule is COC(=O)C1=C(CN2CCC(N3CCCCC3)CC2)NC(=O)N[C@@H]1c1ccc(OC)c(OC)c1. The van der Waals surface area contributed by atoms with Crippen molar-refractivity contribution in [3.8, 4) is 11.5 Å². The third kappa shape index (κ3) is 5.31. The first-order valence-electron chi connectivity index (χ1n) is 12.1. The number of piperidine rings is 2. The minimum absolute atomic E-state index is 0.342. The van der Waals surface area contributed by atoms with E-state index in [-0.39, 0.29) is 6.03 Å². The van der Waals surface area contributed by atoms with Crippen molar-refractivity contribution in [3.05, 3.63) is 35.0 Å².